The van der Waals surface area contributed by atoms with E-state index in [1.807, 2.05) is 36.7 Å². The lowest BCUT2D eigenvalue weighted by Crippen LogP contribution is -2.17. The van der Waals surface area contributed by atoms with Crippen molar-refractivity contribution in [3.8, 4) is 5.75 Å². The van der Waals surface area contributed by atoms with E-state index in [1.165, 1.54) is 48.6 Å². The molecular formula is C28H43N3O3. The van der Waals surface area contributed by atoms with Gasteiger partial charge < -0.3 is 15.2 Å². The van der Waals surface area contributed by atoms with Gasteiger partial charge in [-0.05, 0) is 44.2 Å². The van der Waals surface area contributed by atoms with Crippen molar-refractivity contribution in [1.29, 1.82) is 0 Å². The predicted octanol–water partition coefficient (Wildman–Crippen LogP) is 7.64. The Kier molecular flexibility index (Phi) is 13.4. The van der Waals surface area contributed by atoms with Gasteiger partial charge in [0.1, 0.15) is 17.1 Å². The number of allylic oxidation sites excluding steroid dienone is 2. The van der Waals surface area contributed by atoms with Crippen LogP contribution in [0.5, 0.6) is 5.75 Å². The average Bonchev–Trinajstić information content (AvgIpc) is 3.31. The van der Waals surface area contributed by atoms with Crippen molar-refractivity contribution in [2.24, 2.45) is 5.92 Å². The number of benzene rings is 1. The van der Waals surface area contributed by atoms with Crippen molar-refractivity contribution in [2.75, 3.05) is 12.4 Å². The molecule has 2 N–H and O–H groups in total. The van der Waals surface area contributed by atoms with Crippen LogP contribution in [-0.4, -0.2) is 27.9 Å². The van der Waals surface area contributed by atoms with E-state index in [9.17, 15) is 9.90 Å². The number of rotatable bonds is 8. The van der Waals surface area contributed by atoms with E-state index in [0.717, 1.165) is 31.4 Å². The number of hydrogen-bond donors (Lipinski definition) is 2. The number of nitrogens with one attached hydrogen (secondary N) is 1. The summed E-state index contributed by atoms with van der Waals surface area (Å²) in [5.74, 6) is 1.02. The Morgan fingerprint density at radius 2 is 1.88 bits per heavy atom. The Hall–Kier alpha value is -3.02. The molecule has 1 fully saturated rings. The molecule has 0 unspecified atom stereocenters. The molecule has 1 aliphatic rings. The zero-order valence-electron chi connectivity index (χ0n) is 21.9. The Labute approximate surface area is 205 Å². The predicted molar refractivity (Wildman–Crippen MR) is 142 cm³/mol. The normalized spacial score (nSPS) is 13.9. The molecule has 6 nitrogen and oxygen atoms in total. The number of hydrogen-bond acceptors (Lipinski definition) is 4. The molecule has 0 amide bonds. The van der Waals surface area contributed by atoms with Crippen LogP contribution in [0.3, 0.4) is 0 Å². The molecule has 0 bridgehead atoms. The number of carboxylic acid groups (broad SMARTS) is 1. The summed E-state index contributed by atoms with van der Waals surface area (Å²) < 4.78 is 7.01. The van der Waals surface area contributed by atoms with Crippen molar-refractivity contribution >= 4 is 17.5 Å². The van der Waals surface area contributed by atoms with Crippen LogP contribution in [0, 0.1) is 5.92 Å². The maximum absolute atomic E-state index is 11.3. The Morgan fingerprint density at radius 1 is 1.24 bits per heavy atom. The number of nitrogens with zero attached hydrogens (tertiary/aromatic N) is 2. The SMILES string of the molecule is C=COc1ccccc1CC.CC.CC/C(C)=C(/C1CCCCC1)n1ncc(C(=O)O)c1NC. The third-order valence-corrected chi connectivity index (χ3v) is 5.99. The van der Waals surface area contributed by atoms with E-state index in [4.69, 9.17) is 4.74 Å². The van der Waals surface area contributed by atoms with Gasteiger partial charge in [0.2, 0.25) is 0 Å². The van der Waals surface area contributed by atoms with E-state index in [-0.39, 0.29) is 5.56 Å². The Morgan fingerprint density at radius 3 is 2.41 bits per heavy atom. The standard InChI is InChI=1S/C16H25N3O2.C10H12O.C2H6/c1-4-11(2)14(12-8-6-5-7-9-12)19-15(17-3)13(10-18-19)16(20)21;1-3-9-7-5-6-8-10(9)11-4-2;1-2/h10,12,17H,4-9H2,1-3H3,(H,20,21);4-8H,2-3H2,1H3;1-2H3/b14-11-;;. The fourth-order valence-corrected chi connectivity index (χ4v) is 4.19. The highest BCUT2D eigenvalue weighted by Gasteiger charge is 2.25. The van der Waals surface area contributed by atoms with Gasteiger partial charge in [-0.15, -0.1) is 0 Å². The number of anilines is 1. The number of aromatic carboxylic acids is 1. The lowest BCUT2D eigenvalue weighted by atomic mass is 9.85. The van der Waals surface area contributed by atoms with Crippen molar-refractivity contribution in [3.63, 3.8) is 0 Å². The zero-order chi connectivity index (χ0) is 25.5. The van der Waals surface area contributed by atoms with Crippen molar-refractivity contribution in [3.05, 3.63) is 60.0 Å². The topological polar surface area (TPSA) is 76.4 Å². The molecular weight excluding hydrogens is 426 g/mol. The van der Waals surface area contributed by atoms with Gasteiger partial charge in [0.05, 0.1) is 12.5 Å². The first kappa shape index (κ1) is 29.0. The van der Waals surface area contributed by atoms with Crippen molar-refractivity contribution < 1.29 is 14.6 Å². The first-order valence-corrected chi connectivity index (χ1v) is 12.5. The number of aromatic nitrogens is 2. The lowest BCUT2D eigenvalue weighted by Gasteiger charge is -2.27. The molecule has 3 rings (SSSR count). The van der Waals surface area contributed by atoms with Crippen LogP contribution in [-0.2, 0) is 6.42 Å². The van der Waals surface area contributed by atoms with Crippen LogP contribution in [0.25, 0.3) is 5.70 Å². The summed E-state index contributed by atoms with van der Waals surface area (Å²) in [5.41, 5.74) is 3.93. The van der Waals surface area contributed by atoms with Crippen molar-refractivity contribution in [2.45, 2.75) is 79.6 Å². The molecule has 0 aliphatic heterocycles. The Bertz CT molecular complexity index is 925. The monoisotopic (exact) mass is 469 g/mol. The quantitative estimate of drug-likeness (QED) is 0.388. The van der Waals surface area contributed by atoms with Crippen LogP contribution >= 0.6 is 0 Å². The summed E-state index contributed by atoms with van der Waals surface area (Å²) in [6, 6.07) is 7.96. The van der Waals surface area contributed by atoms with Crippen LogP contribution in [0.4, 0.5) is 5.82 Å². The maximum atomic E-state index is 11.3. The molecule has 0 atom stereocenters. The summed E-state index contributed by atoms with van der Waals surface area (Å²) in [6.45, 7) is 13.9. The molecule has 188 valence electrons. The molecule has 1 heterocycles. The summed E-state index contributed by atoms with van der Waals surface area (Å²) >= 11 is 0. The fourth-order valence-electron chi connectivity index (χ4n) is 4.19. The van der Waals surface area contributed by atoms with Gasteiger partial charge in [0.25, 0.3) is 0 Å². The first-order chi connectivity index (χ1) is 16.5. The van der Waals surface area contributed by atoms with Gasteiger partial charge in [0, 0.05) is 18.7 Å². The van der Waals surface area contributed by atoms with Gasteiger partial charge in [-0.1, -0.05) is 77.3 Å². The molecule has 6 heteroatoms. The molecule has 0 spiro atoms. The third kappa shape index (κ3) is 7.79. The van der Waals surface area contributed by atoms with E-state index in [2.05, 4.69) is 43.8 Å². The lowest BCUT2D eigenvalue weighted by molar-refractivity contribution is 0.0698. The van der Waals surface area contributed by atoms with Gasteiger partial charge >= 0.3 is 5.97 Å². The van der Waals surface area contributed by atoms with Gasteiger partial charge in [0.15, 0.2) is 0 Å². The highest BCUT2D eigenvalue weighted by Crippen LogP contribution is 2.36. The summed E-state index contributed by atoms with van der Waals surface area (Å²) in [7, 11) is 1.75. The van der Waals surface area contributed by atoms with E-state index >= 15 is 0 Å². The second-order valence-electron chi connectivity index (χ2n) is 7.97. The Balaban J connectivity index is 0.000000374. The summed E-state index contributed by atoms with van der Waals surface area (Å²) in [4.78, 5) is 11.3. The summed E-state index contributed by atoms with van der Waals surface area (Å²) in [5, 5.41) is 16.7. The second-order valence-corrected chi connectivity index (χ2v) is 7.97. The average molecular weight is 470 g/mol. The third-order valence-electron chi connectivity index (χ3n) is 5.99. The molecule has 2 aromatic rings. The highest BCUT2D eigenvalue weighted by atomic mass is 16.5. The zero-order valence-corrected chi connectivity index (χ0v) is 21.9. The minimum Gasteiger partial charge on any atom is -0.477 e. The first-order valence-electron chi connectivity index (χ1n) is 12.5. The van der Waals surface area contributed by atoms with E-state index in [1.54, 1.807) is 7.05 Å². The molecule has 0 saturated heterocycles. The minimum atomic E-state index is -0.942. The van der Waals surface area contributed by atoms with Crippen LogP contribution in [0.15, 0.2) is 48.9 Å². The molecule has 0 radical (unpaired) electrons. The van der Waals surface area contributed by atoms with Crippen LogP contribution < -0.4 is 10.1 Å². The van der Waals surface area contributed by atoms with Crippen molar-refractivity contribution in [1.82, 2.24) is 9.78 Å². The number of para-hydroxylation sites is 1. The fraction of sp³-hybridized carbons (Fsp3) is 0.500. The molecule has 1 aliphatic carbocycles. The largest absolute Gasteiger partial charge is 0.477 e. The number of carboxylic acids is 1. The van der Waals surface area contributed by atoms with Gasteiger partial charge in [-0.2, -0.15) is 5.10 Å². The molecule has 1 saturated carbocycles. The molecule has 34 heavy (non-hydrogen) atoms. The number of ether oxygens (including phenoxy) is 1. The van der Waals surface area contributed by atoms with E-state index < -0.39 is 5.97 Å². The highest BCUT2D eigenvalue weighted by molar-refractivity contribution is 5.93. The second kappa shape index (κ2) is 15.8. The molecule has 1 aromatic carbocycles. The molecule has 1 aromatic heterocycles. The van der Waals surface area contributed by atoms with E-state index in [0.29, 0.717) is 11.7 Å². The van der Waals surface area contributed by atoms with Gasteiger partial charge in [-0.3, -0.25) is 0 Å². The smallest absolute Gasteiger partial charge is 0.341 e. The van der Waals surface area contributed by atoms with Crippen LogP contribution in [0.2, 0.25) is 0 Å². The summed E-state index contributed by atoms with van der Waals surface area (Å²) in [6.07, 6.45) is 11.0. The maximum Gasteiger partial charge on any atom is 0.341 e. The number of carbonyl (C=O) groups is 1. The van der Waals surface area contributed by atoms with Gasteiger partial charge in [-0.25, -0.2) is 9.48 Å². The van der Waals surface area contributed by atoms with Crippen LogP contribution in [0.1, 0.15) is 89.1 Å². The minimum absolute atomic E-state index is 0.231. The number of aryl methyl sites for hydroxylation is 1.